The smallest absolute Gasteiger partial charge is 0.335 e. The molecule has 0 aromatic carbocycles. The van der Waals surface area contributed by atoms with Gasteiger partial charge in [-0.15, -0.1) is 0 Å². The van der Waals surface area contributed by atoms with E-state index in [9.17, 15) is 0 Å². The second kappa shape index (κ2) is 11.7. The predicted octanol–water partition coefficient (Wildman–Crippen LogP) is 7.19. The normalized spacial score (nSPS) is 25.6. The van der Waals surface area contributed by atoms with Crippen molar-refractivity contribution in [3.8, 4) is 11.9 Å². The van der Waals surface area contributed by atoms with Gasteiger partial charge in [-0.25, -0.2) is 4.98 Å². The van der Waals surface area contributed by atoms with Gasteiger partial charge in [-0.05, 0) is 70.1 Å². The van der Waals surface area contributed by atoms with Crippen LogP contribution in [0.15, 0.2) is 6.20 Å². The van der Waals surface area contributed by atoms with Gasteiger partial charge in [0.25, 0.3) is 0 Å². The molecule has 2 aliphatic rings. The summed E-state index contributed by atoms with van der Waals surface area (Å²) in [5, 5.41) is 3.84. The first-order chi connectivity index (χ1) is 17.8. The van der Waals surface area contributed by atoms with E-state index in [2.05, 4.69) is 65.7 Å². The Morgan fingerprint density at radius 2 is 1.38 bits per heavy atom. The van der Waals surface area contributed by atoms with Gasteiger partial charge in [-0.3, -0.25) is 0 Å². The number of hydrogen-bond donors (Lipinski definition) is 1. The molecule has 2 aliphatic heterocycles. The number of aromatic nitrogens is 2. The second-order valence-electron chi connectivity index (χ2n) is 14.5. The lowest BCUT2D eigenvalue weighted by atomic mass is 10.1. The Hall–Kier alpha value is -1.05. The number of nitrogens with zero attached hydrogens (tertiary/aromatic N) is 2. The van der Waals surface area contributed by atoms with Crippen molar-refractivity contribution < 1.29 is 22.4 Å². The lowest BCUT2D eigenvalue weighted by Crippen LogP contribution is -2.65. The molecule has 39 heavy (non-hydrogen) atoms. The van der Waals surface area contributed by atoms with Crippen molar-refractivity contribution in [2.75, 3.05) is 6.61 Å². The molecule has 1 aromatic rings. The van der Waals surface area contributed by atoms with Crippen molar-refractivity contribution in [2.45, 2.75) is 155 Å². The van der Waals surface area contributed by atoms with E-state index < -0.39 is 28.3 Å². The molecule has 0 saturated carbocycles. The van der Waals surface area contributed by atoms with Crippen LogP contribution in [0.3, 0.4) is 0 Å². The zero-order valence-electron chi connectivity index (χ0n) is 27.0. The van der Waals surface area contributed by atoms with Gasteiger partial charge in [0.05, 0.1) is 18.8 Å². The molecule has 0 bridgehead atoms. The molecule has 1 N–H and O–H groups in total. The minimum absolute atomic E-state index is 0.0363. The summed E-state index contributed by atoms with van der Waals surface area (Å²) in [7, 11) is -5.25. The molecule has 0 spiro atoms. The zero-order chi connectivity index (χ0) is 29.6. The van der Waals surface area contributed by atoms with Gasteiger partial charge >= 0.3 is 23.1 Å². The lowest BCUT2D eigenvalue weighted by molar-refractivity contribution is 0.0579. The first-order valence-electron chi connectivity index (χ1n) is 14.8. The molecule has 10 heteroatoms. The highest BCUT2D eigenvalue weighted by Gasteiger charge is 2.59. The van der Waals surface area contributed by atoms with Crippen molar-refractivity contribution in [1.29, 1.82) is 0 Å². The molecule has 1 unspecified atom stereocenters. The Bertz CT molecular complexity index is 959. The Morgan fingerprint density at radius 3 is 1.87 bits per heavy atom. The number of hydrogen-bond acceptors (Lipinski definition) is 8. The van der Waals surface area contributed by atoms with E-state index in [0.29, 0.717) is 40.7 Å². The predicted molar refractivity (Wildman–Crippen MR) is 161 cm³/mol. The van der Waals surface area contributed by atoms with E-state index in [1.807, 2.05) is 47.7 Å². The molecular formula is C29H55N3O5Si2. The molecule has 3 heterocycles. The average Bonchev–Trinajstić information content (AvgIpc) is 3.12. The number of ether oxygens (including phenoxy) is 2. The number of fused-ring (bicyclic) bond motifs is 1. The van der Waals surface area contributed by atoms with Crippen molar-refractivity contribution in [3.63, 3.8) is 0 Å². The van der Waals surface area contributed by atoms with Gasteiger partial charge < -0.3 is 27.8 Å². The van der Waals surface area contributed by atoms with Gasteiger partial charge in [0, 0.05) is 17.8 Å². The molecule has 1 aromatic heterocycles. The van der Waals surface area contributed by atoms with Crippen LogP contribution in [0.2, 0.25) is 22.2 Å². The number of rotatable bonds is 7. The standard InChI is InChI=1S/C29H55N3O5Si2/c1-18(2)38(19(3)4)33-17-24-25(36-39(37-38,20(5)6)21(7)8)15-23(31-24)22-16-30-27(35-29(12,13)14)32-26(22)34-28(9,10)11/h16,18-21,23-25,31H,15,17H2,1-14H3/t23?,24-,25-/m0/s1. The van der Waals surface area contributed by atoms with Crippen LogP contribution in [0.4, 0.5) is 0 Å². The molecule has 224 valence electrons. The molecular weight excluding hydrogens is 527 g/mol. The molecule has 2 fully saturated rings. The Labute approximate surface area is 239 Å². The molecule has 3 rings (SSSR count). The summed E-state index contributed by atoms with van der Waals surface area (Å²) in [5.41, 5.74) is 1.30. The van der Waals surface area contributed by atoms with Gasteiger partial charge in [-0.1, -0.05) is 55.4 Å². The molecule has 0 aliphatic carbocycles. The number of nitrogens with one attached hydrogen (secondary N) is 1. The monoisotopic (exact) mass is 581 g/mol. The molecule has 3 atom stereocenters. The van der Waals surface area contributed by atoms with Crippen LogP contribution in [-0.2, 0) is 13.0 Å². The maximum Gasteiger partial charge on any atom is 0.335 e. The first kappa shape index (κ1) is 32.5. The van der Waals surface area contributed by atoms with Crippen LogP contribution in [0, 0.1) is 0 Å². The van der Waals surface area contributed by atoms with E-state index in [1.165, 1.54) is 0 Å². The molecule has 8 nitrogen and oxygen atoms in total. The van der Waals surface area contributed by atoms with E-state index in [4.69, 9.17) is 27.4 Å². The van der Waals surface area contributed by atoms with Crippen LogP contribution in [-0.4, -0.2) is 57.0 Å². The van der Waals surface area contributed by atoms with Gasteiger partial charge in [0.1, 0.15) is 11.2 Å². The van der Waals surface area contributed by atoms with E-state index in [0.717, 1.165) is 12.0 Å². The fourth-order valence-electron chi connectivity index (χ4n) is 5.80. The van der Waals surface area contributed by atoms with Crippen LogP contribution in [0.25, 0.3) is 0 Å². The minimum atomic E-state index is -2.67. The van der Waals surface area contributed by atoms with Gasteiger partial charge in [0.15, 0.2) is 0 Å². The van der Waals surface area contributed by atoms with E-state index in [1.54, 1.807) is 0 Å². The summed E-state index contributed by atoms with van der Waals surface area (Å²) < 4.78 is 33.9. The van der Waals surface area contributed by atoms with Gasteiger partial charge in [0.2, 0.25) is 5.88 Å². The molecule has 0 amide bonds. The summed E-state index contributed by atoms with van der Waals surface area (Å²) in [5.74, 6) is 0.546. The maximum atomic E-state index is 7.35. The molecule has 2 saturated heterocycles. The minimum Gasteiger partial charge on any atom is -0.472 e. The van der Waals surface area contributed by atoms with Crippen molar-refractivity contribution in [2.24, 2.45) is 0 Å². The fourth-order valence-corrected chi connectivity index (χ4v) is 17.0. The van der Waals surface area contributed by atoms with Gasteiger partial charge in [-0.2, -0.15) is 4.98 Å². The SMILES string of the molecule is CC(C)[Si]1(C(C)C)OC[C@@H]2NC(c3cnc(OC(C)(C)C)nc3OC(C)(C)C)C[C@@H]2O[Si](C(C)C)(C(C)C)O1. The van der Waals surface area contributed by atoms with E-state index in [-0.39, 0.29) is 18.2 Å². The first-order valence-corrected chi connectivity index (χ1v) is 18.8. The van der Waals surface area contributed by atoms with Crippen molar-refractivity contribution in [1.82, 2.24) is 15.3 Å². The average molecular weight is 582 g/mol. The Morgan fingerprint density at radius 1 is 0.846 bits per heavy atom. The highest BCUT2D eigenvalue weighted by molar-refractivity contribution is 6.83. The summed E-state index contributed by atoms with van der Waals surface area (Å²) in [6.07, 6.45) is 2.58. The Kier molecular flexibility index (Phi) is 9.72. The Balaban J connectivity index is 2.02. The largest absolute Gasteiger partial charge is 0.472 e. The van der Waals surface area contributed by atoms with Crippen LogP contribution in [0.5, 0.6) is 11.9 Å². The third-order valence-corrected chi connectivity index (χ3v) is 17.9. The fraction of sp³-hybridized carbons (Fsp3) is 0.862. The van der Waals surface area contributed by atoms with Crippen LogP contribution in [0.1, 0.15) is 115 Å². The van der Waals surface area contributed by atoms with Crippen molar-refractivity contribution in [3.05, 3.63) is 11.8 Å². The highest BCUT2D eigenvalue weighted by atomic mass is 28.5. The topological polar surface area (TPSA) is 84.0 Å². The third-order valence-electron chi connectivity index (χ3n) is 7.63. The second-order valence-corrected chi connectivity index (χ2v) is 23.4. The summed E-state index contributed by atoms with van der Waals surface area (Å²) in [6, 6.07) is 0.321. The maximum absolute atomic E-state index is 7.35. The summed E-state index contributed by atoms with van der Waals surface area (Å²) in [4.78, 5) is 9.29. The van der Waals surface area contributed by atoms with Crippen LogP contribution < -0.4 is 14.8 Å². The van der Waals surface area contributed by atoms with Crippen LogP contribution >= 0.6 is 0 Å². The summed E-state index contributed by atoms with van der Waals surface area (Å²) in [6.45, 7) is 30.7. The van der Waals surface area contributed by atoms with E-state index >= 15 is 0 Å². The summed E-state index contributed by atoms with van der Waals surface area (Å²) >= 11 is 0. The molecule has 0 radical (unpaired) electrons. The quantitative estimate of drug-likeness (QED) is 0.339. The zero-order valence-corrected chi connectivity index (χ0v) is 29.0. The highest BCUT2D eigenvalue weighted by Crippen LogP contribution is 2.48. The lowest BCUT2D eigenvalue weighted by Gasteiger charge is -2.51. The van der Waals surface area contributed by atoms with Crippen molar-refractivity contribution >= 4 is 17.1 Å². The third kappa shape index (κ3) is 7.24.